The SMILES string of the molecule is Cc1c(C(=O)N[C@H]2CCCNC2)cnn1Cc1ccccc1.Cl. The summed E-state index contributed by atoms with van der Waals surface area (Å²) >= 11 is 0. The number of piperidine rings is 1. The largest absolute Gasteiger partial charge is 0.348 e. The Balaban J connectivity index is 0.00000192. The molecule has 1 aromatic heterocycles. The predicted octanol–water partition coefficient (Wildman–Crippen LogP) is 2.14. The van der Waals surface area contributed by atoms with Crippen LogP contribution >= 0.6 is 12.4 Å². The highest BCUT2D eigenvalue weighted by atomic mass is 35.5. The van der Waals surface area contributed by atoms with Gasteiger partial charge < -0.3 is 10.6 Å². The van der Waals surface area contributed by atoms with Gasteiger partial charge in [0.1, 0.15) is 0 Å². The lowest BCUT2D eigenvalue weighted by Crippen LogP contribution is -2.45. The normalized spacial score (nSPS) is 17.3. The standard InChI is InChI=1S/C17H22N4O.ClH/c1-13-16(17(22)20-15-8-5-9-18-10-15)11-19-21(13)12-14-6-3-2-4-7-14;/h2-4,6-7,11,15,18H,5,8-10,12H2,1H3,(H,20,22);1H/t15-;/m0./s1. The van der Waals surface area contributed by atoms with Crippen LogP contribution in [0.1, 0.15) is 34.5 Å². The van der Waals surface area contributed by atoms with Gasteiger partial charge in [-0.1, -0.05) is 30.3 Å². The van der Waals surface area contributed by atoms with Crippen LogP contribution in [0.3, 0.4) is 0 Å². The number of halogens is 1. The Morgan fingerprint density at radius 3 is 2.87 bits per heavy atom. The van der Waals surface area contributed by atoms with Crippen molar-refractivity contribution in [2.45, 2.75) is 32.4 Å². The van der Waals surface area contributed by atoms with Gasteiger partial charge in [-0.15, -0.1) is 12.4 Å². The molecule has 2 N–H and O–H groups in total. The van der Waals surface area contributed by atoms with Crippen LogP contribution in [-0.4, -0.2) is 34.8 Å². The molecule has 0 saturated carbocycles. The van der Waals surface area contributed by atoms with Gasteiger partial charge in [-0.25, -0.2) is 0 Å². The fraction of sp³-hybridized carbons (Fsp3) is 0.412. The minimum Gasteiger partial charge on any atom is -0.348 e. The number of benzene rings is 1. The minimum atomic E-state index is -0.0227. The van der Waals surface area contributed by atoms with Crippen LogP contribution in [-0.2, 0) is 6.54 Å². The van der Waals surface area contributed by atoms with Gasteiger partial charge in [-0.05, 0) is 31.9 Å². The summed E-state index contributed by atoms with van der Waals surface area (Å²) in [5.74, 6) is -0.0227. The smallest absolute Gasteiger partial charge is 0.255 e. The number of hydrogen-bond donors (Lipinski definition) is 2. The molecule has 0 unspecified atom stereocenters. The predicted molar refractivity (Wildman–Crippen MR) is 93.1 cm³/mol. The van der Waals surface area contributed by atoms with Crippen LogP contribution in [0.15, 0.2) is 36.5 Å². The van der Waals surface area contributed by atoms with E-state index in [2.05, 4.69) is 27.9 Å². The van der Waals surface area contributed by atoms with E-state index in [4.69, 9.17) is 0 Å². The van der Waals surface area contributed by atoms with Crippen molar-refractivity contribution in [3.05, 3.63) is 53.3 Å². The number of nitrogens with one attached hydrogen (secondary N) is 2. The summed E-state index contributed by atoms with van der Waals surface area (Å²) < 4.78 is 1.88. The Hall–Kier alpha value is -1.85. The molecule has 2 heterocycles. The second-order valence-corrected chi connectivity index (χ2v) is 5.80. The zero-order valence-corrected chi connectivity index (χ0v) is 14.1. The van der Waals surface area contributed by atoms with Crippen LogP contribution < -0.4 is 10.6 Å². The molecule has 1 aliphatic rings. The van der Waals surface area contributed by atoms with Crippen molar-refractivity contribution in [3.8, 4) is 0 Å². The van der Waals surface area contributed by atoms with Crippen LogP contribution in [0.4, 0.5) is 0 Å². The summed E-state index contributed by atoms with van der Waals surface area (Å²) in [7, 11) is 0. The van der Waals surface area contributed by atoms with E-state index in [0.29, 0.717) is 12.1 Å². The fourth-order valence-corrected chi connectivity index (χ4v) is 2.82. The first-order chi connectivity index (χ1) is 10.7. The molecule has 2 aromatic rings. The van der Waals surface area contributed by atoms with Crippen LogP contribution in [0.2, 0.25) is 0 Å². The van der Waals surface area contributed by atoms with Crippen molar-refractivity contribution in [2.75, 3.05) is 13.1 Å². The Bertz CT molecular complexity index is 635. The number of hydrogen-bond acceptors (Lipinski definition) is 3. The van der Waals surface area contributed by atoms with Crippen LogP contribution in [0.25, 0.3) is 0 Å². The second kappa shape index (κ2) is 8.13. The van der Waals surface area contributed by atoms with Crippen molar-refractivity contribution >= 4 is 18.3 Å². The van der Waals surface area contributed by atoms with Gasteiger partial charge in [-0.3, -0.25) is 9.48 Å². The number of carbonyl (C=O) groups excluding carboxylic acids is 1. The summed E-state index contributed by atoms with van der Waals surface area (Å²) in [6.07, 6.45) is 3.82. The monoisotopic (exact) mass is 334 g/mol. The molecule has 23 heavy (non-hydrogen) atoms. The number of amides is 1. The van der Waals surface area contributed by atoms with E-state index in [1.54, 1.807) is 6.20 Å². The van der Waals surface area contributed by atoms with Gasteiger partial charge in [0.2, 0.25) is 0 Å². The molecule has 0 radical (unpaired) electrons. The highest BCUT2D eigenvalue weighted by Gasteiger charge is 2.19. The molecular weight excluding hydrogens is 312 g/mol. The average Bonchev–Trinajstić information content (AvgIpc) is 2.90. The molecule has 3 rings (SSSR count). The van der Waals surface area contributed by atoms with Gasteiger partial charge >= 0.3 is 0 Å². The van der Waals surface area contributed by atoms with Gasteiger partial charge in [0, 0.05) is 18.3 Å². The molecule has 0 bridgehead atoms. The van der Waals surface area contributed by atoms with E-state index in [1.165, 1.54) is 5.56 Å². The summed E-state index contributed by atoms with van der Waals surface area (Å²) in [6.45, 7) is 4.53. The number of aromatic nitrogens is 2. The van der Waals surface area contributed by atoms with E-state index in [0.717, 1.165) is 31.6 Å². The maximum Gasteiger partial charge on any atom is 0.255 e. The number of nitrogens with zero attached hydrogens (tertiary/aromatic N) is 2. The quantitative estimate of drug-likeness (QED) is 0.900. The van der Waals surface area contributed by atoms with E-state index < -0.39 is 0 Å². The fourth-order valence-electron chi connectivity index (χ4n) is 2.82. The molecule has 1 fully saturated rings. The maximum absolute atomic E-state index is 12.4. The molecule has 1 amide bonds. The molecule has 0 spiro atoms. The van der Waals surface area contributed by atoms with E-state index >= 15 is 0 Å². The van der Waals surface area contributed by atoms with Crippen molar-refractivity contribution < 1.29 is 4.79 Å². The second-order valence-electron chi connectivity index (χ2n) is 5.80. The van der Waals surface area contributed by atoms with Crippen LogP contribution in [0.5, 0.6) is 0 Å². The molecule has 124 valence electrons. The van der Waals surface area contributed by atoms with Crippen molar-refractivity contribution in [1.82, 2.24) is 20.4 Å². The minimum absolute atomic E-state index is 0. The highest BCUT2D eigenvalue weighted by molar-refractivity contribution is 5.95. The van der Waals surface area contributed by atoms with Gasteiger partial charge in [-0.2, -0.15) is 5.10 Å². The first-order valence-corrected chi connectivity index (χ1v) is 7.82. The Morgan fingerprint density at radius 1 is 1.39 bits per heavy atom. The number of rotatable bonds is 4. The topological polar surface area (TPSA) is 59.0 Å². The Kier molecular flexibility index (Phi) is 6.19. The molecular formula is C17H23ClN4O. The lowest BCUT2D eigenvalue weighted by atomic mass is 10.1. The molecule has 1 aliphatic heterocycles. The Morgan fingerprint density at radius 2 is 2.17 bits per heavy atom. The first-order valence-electron chi connectivity index (χ1n) is 7.82. The molecule has 0 aliphatic carbocycles. The Labute approximate surface area is 142 Å². The summed E-state index contributed by atoms with van der Waals surface area (Å²) in [5, 5.41) is 10.8. The molecule has 6 heteroatoms. The lowest BCUT2D eigenvalue weighted by Gasteiger charge is -2.23. The molecule has 1 saturated heterocycles. The van der Waals surface area contributed by atoms with Gasteiger partial charge in [0.25, 0.3) is 5.91 Å². The zero-order valence-electron chi connectivity index (χ0n) is 13.3. The van der Waals surface area contributed by atoms with E-state index in [1.807, 2.05) is 29.8 Å². The summed E-state index contributed by atoms with van der Waals surface area (Å²) in [6, 6.07) is 10.4. The zero-order chi connectivity index (χ0) is 15.4. The van der Waals surface area contributed by atoms with Gasteiger partial charge in [0.15, 0.2) is 0 Å². The third-order valence-corrected chi connectivity index (χ3v) is 4.16. The number of carbonyl (C=O) groups is 1. The average molecular weight is 335 g/mol. The van der Waals surface area contributed by atoms with Crippen molar-refractivity contribution in [3.63, 3.8) is 0 Å². The maximum atomic E-state index is 12.4. The first kappa shape index (κ1) is 17.5. The molecule has 5 nitrogen and oxygen atoms in total. The summed E-state index contributed by atoms with van der Waals surface area (Å²) in [4.78, 5) is 12.4. The highest BCUT2D eigenvalue weighted by Crippen LogP contribution is 2.11. The molecule has 1 aromatic carbocycles. The summed E-state index contributed by atoms with van der Waals surface area (Å²) in [5.41, 5.74) is 2.75. The van der Waals surface area contributed by atoms with E-state index in [-0.39, 0.29) is 24.4 Å². The van der Waals surface area contributed by atoms with Gasteiger partial charge in [0.05, 0.1) is 18.3 Å². The van der Waals surface area contributed by atoms with Crippen LogP contribution in [0, 0.1) is 6.92 Å². The third kappa shape index (κ3) is 4.33. The molecule has 1 atom stereocenters. The van der Waals surface area contributed by atoms with Crippen molar-refractivity contribution in [2.24, 2.45) is 0 Å². The third-order valence-electron chi connectivity index (χ3n) is 4.16. The lowest BCUT2D eigenvalue weighted by molar-refractivity contribution is 0.0930. The van der Waals surface area contributed by atoms with Crippen molar-refractivity contribution in [1.29, 1.82) is 0 Å². The van der Waals surface area contributed by atoms with E-state index in [9.17, 15) is 4.79 Å².